The number of benzene rings is 2. The van der Waals surface area contributed by atoms with Gasteiger partial charge < -0.3 is 9.72 Å². The van der Waals surface area contributed by atoms with Gasteiger partial charge in [0.25, 0.3) is 5.91 Å². The summed E-state index contributed by atoms with van der Waals surface area (Å²) in [6.45, 7) is 5.75. The van der Waals surface area contributed by atoms with E-state index in [1.807, 2.05) is 74.5 Å². The molecule has 1 aromatic heterocycles. The molecule has 0 atom stereocenters. The summed E-state index contributed by atoms with van der Waals surface area (Å²) in [5.74, 6) is -0.536. The molecule has 2 aromatic carbocycles. The van der Waals surface area contributed by atoms with Gasteiger partial charge in [-0.1, -0.05) is 36.4 Å². The molecule has 32 heavy (non-hydrogen) atoms. The molecular weight excluding hydrogens is 422 g/mol. The summed E-state index contributed by atoms with van der Waals surface area (Å²) in [4.78, 5) is 35.8. The fraction of sp³-hybridized carbons (Fsp3) is 0.160. The van der Waals surface area contributed by atoms with Crippen LogP contribution in [0.3, 0.4) is 0 Å². The smallest absolute Gasteiger partial charge is 0.340 e. The summed E-state index contributed by atoms with van der Waals surface area (Å²) in [6.07, 6.45) is 1.78. The van der Waals surface area contributed by atoms with Gasteiger partial charge in [-0.25, -0.2) is 9.79 Å². The monoisotopic (exact) mass is 445 g/mol. The van der Waals surface area contributed by atoms with Crippen LogP contribution in [-0.2, 0) is 9.53 Å². The lowest BCUT2D eigenvalue weighted by atomic mass is 10.1. The van der Waals surface area contributed by atoms with Gasteiger partial charge >= 0.3 is 5.97 Å². The molecule has 0 bridgehead atoms. The first-order valence-corrected chi connectivity index (χ1v) is 11.1. The van der Waals surface area contributed by atoms with E-state index >= 15 is 0 Å². The van der Waals surface area contributed by atoms with Crippen LogP contribution in [0.2, 0.25) is 0 Å². The number of aliphatic imine (C=N–C) groups is 1. The number of anilines is 1. The molecule has 1 aliphatic heterocycles. The second-order valence-corrected chi connectivity index (χ2v) is 8.21. The zero-order valence-corrected chi connectivity index (χ0v) is 18.9. The molecule has 1 fully saturated rings. The van der Waals surface area contributed by atoms with Crippen LogP contribution in [-0.4, -0.2) is 28.6 Å². The van der Waals surface area contributed by atoms with Crippen molar-refractivity contribution in [3.63, 3.8) is 0 Å². The summed E-state index contributed by atoms with van der Waals surface area (Å²) < 4.78 is 5.17. The van der Waals surface area contributed by atoms with Gasteiger partial charge in [0.1, 0.15) is 0 Å². The Morgan fingerprint density at radius 3 is 2.41 bits per heavy atom. The van der Waals surface area contributed by atoms with Crippen molar-refractivity contribution >= 4 is 46.3 Å². The van der Waals surface area contributed by atoms with Gasteiger partial charge in [-0.15, -0.1) is 0 Å². The Kier molecular flexibility index (Phi) is 6.28. The summed E-state index contributed by atoms with van der Waals surface area (Å²) in [6, 6.07) is 19.0. The third-order valence-corrected chi connectivity index (χ3v) is 6.00. The van der Waals surface area contributed by atoms with Crippen LogP contribution in [0.15, 0.2) is 70.6 Å². The highest BCUT2D eigenvalue weighted by Crippen LogP contribution is 2.37. The zero-order valence-electron chi connectivity index (χ0n) is 18.1. The number of aromatic nitrogens is 1. The Morgan fingerprint density at radius 1 is 1.09 bits per heavy atom. The molecule has 2 heterocycles. The van der Waals surface area contributed by atoms with E-state index in [1.165, 1.54) is 11.8 Å². The van der Waals surface area contributed by atoms with Crippen LogP contribution in [0.25, 0.3) is 6.08 Å². The predicted molar refractivity (Wildman–Crippen MR) is 129 cm³/mol. The first kappa shape index (κ1) is 21.6. The fourth-order valence-corrected chi connectivity index (χ4v) is 4.51. The summed E-state index contributed by atoms with van der Waals surface area (Å²) in [5, 5.41) is 0.574. The van der Waals surface area contributed by atoms with Gasteiger partial charge in [0.05, 0.1) is 28.5 Å². The van der Waals surface area contributed by atoms with Gasteiger partial charge in [-0.3, -0.25) is 9.69 Å². The molecule has 6 nitrogen and oxygen atoms in total. The molecular formula is C25H23N3O3S. The van der Waals surface area contributed by atoms with Crippen LogP contribution < -0.4 is 4.90 Å². The lowest BCUT2D eigenvalue weighted by Gasteiger charge is -2.15. The quantitative estimate of drug-likeness (QED) is 0.409. The van der Waals surface area contributed by atoms with E-state index in [1.54, 1.807) is 17.9 Å². The average Bonchev–Trinajstić information content (AvgIpc) is 3.24. The SMILES string of the molecule is CCOC(=O)c1c(C)[nH]c(/C=C2\SC(=Nc3ccccc3)N(c3ccccc3)C2=O)c1C. The Balaban J connectivity index is 1.76. The number of hydrogen-bond donors (Lipinski definition) is 1. The van der Waals surface area contributed by atoms with Crippen LogP contribution in [0.1, 0.15) is 34.2 Å². The predicted octanol–water partition coefficient (Wildman–Crippen LogP) is 5.62. The maximum absolute atomic E-state index is 13.4. The minimum Gasteiger partial charge on any atom is -0.462 e. The Morgan fingerprint density at radius 2 is 1.75 bits per heavy atom. The van der Waals surface area contributed by atoms with E-state index in [0.29, 0.717) is 33.6 Å². The second-order valence-electron chi connectivity index (χ2n) is 7.20. The number of esters is 1. The topological polar surface area (TPSA) is 74.8 Å². The normalized spacial score (nSPS) is 16.2. The number of amidine groups is 1. The molecule has 0 unspecified atom stereocenters. The fourth-order valence-electron chi connectivity index (χ4n) is 3.53. The van der Waals surface area contributed by atoms with Crippen LogP contribution in [0.4, 0.5) is 11.4 Å². The molecule has 162 valence electrons. The molecule has 0 aliphatic carbocycles. The van der Waals surface area contributed by atoms with Crippen molar-refractivity contribution in [3.05, 3.63) is 88.1 Å². The van der Waals surface area contributed by atoms with E-state index in [-0.39, 0.29) is 11.9 Å². The molecule has 1 saturated heterocycles. The number of thioether (sulfide) groups is 1. The number of nitrogens with one attached hydrogen (secondary N) is 1. The van der Waals surface area contributed by atoms with Crippen molar-refractivity contribution < 1.29 is 14.3 Å². The highest BCUT2D eigenvalue weighted by Gasteiger charge is 2.35. The molecule has 1 N–H and O–H groups in total. The van der Waals surface area contributed by atoms with Crippen molar-refractivity contribution in [1.29, 1.82) is 0 Å². The number of hydrogen-bond acceptors (Lipinski definition) is 5. The number of rotatable bonds is 5. The van der Waals surface area contributed by atoms with Gasteiger partial charge in [0, 0.05) is 11.4 Å². The second kappa shape index (κ2) is 9.28. The molecule has 0 radical (unpaired) electrons. The molecule has 1 aliphatic rings. The number of ether oxygens (including phenoxy) is 1. The van der Waals surface area contributed by atoms with Crippen molar-refractivity contribution in [2.24, 2.45) is 4.99 Å². The Bertz CT molecular complexity index is 1210. The maximum atomic E-state index is 13.4. The number of aryl methyl sites for hydroxylation is 1. The molecule has 4 rings (SSSR count). The Labute approximate surface area is 191 Å². The van der Waals surface area contributed by atoms with Crippen molar-refractivity contribution in [3.8, 4) is 0 Å². The minimum atomic E-state index is -0.369. The van der Waals surface area contributed by atoms with Crippen molar-refractivity contribution in [2.45, 2.75) is 20.8 Å². The maximum Gasteiger partial charge on any atom is 0.340 e. The largest absolute Gasteiger partial charge is 0.462 e. The van der Waals surface area contributed by atoms with Gasteiger partial charge in [0.2, 0.25) is 0 Å². The number of amides is 1. The zero-order chi connectivity index (χ0) is 22.7. The van der Waals surface area contributed by atoms with E-state index in [4.69, 9.17) is 9.73 Å². The third kappa shape index (κ3) is 4.24. The number of aromatic amines is 1. The lowest BCUT2D eigenvalue weighted by molar-refractivity contribution is -0.113. The van der Waals surface area contributed by atoms with Crippen molar-refractivity contribution in [1.82, 2.24) is 4.98 Å². The first-order valence-electron chi connectivity index (χ1n) is 10.3. The number of carbonyl (C=O) groups excluding carboxylic acids is 2. The lowest BCUT2D eigenvalue weighted by Crippen LogP contribution is -2.28. The van der Waals surface area contributed by atoms with E-state index in [2.05, 4.69) is 4.98 Å². The highest BCUT2D eigenvalue weighted by atomic mass is 32.2. The third-order valence-electron chi connectivity index (χ3n) is 5.03. The summed E-state index contributed by atoms with van der Waals surface area (Å²) in [5.41, 5.74) is 4.18. The molecule has 3 aromatic rings. The van der Waals surface area contributed by atoms with Crippen LogP contribution in [0, 0.1) is 13.8 Å². The minimum absolute atomic E-state index is 0.166. The van der Waals surface area contributed by atoms with E-state index < -0.39 is 0 Å². The summed E-state index contributed by atoms with van der Waals surface area (Å²) >= 11 is 1.31. The number of nitrogens with zero attached hydrogens (tertiary/aromatic N) is 2. The standard InChI is InChI=1S/C25H23N3O3S/c1-4-31-24(30)22-16(2)20(26-17(22)3)15-21-23(29)28(19-13-9-6-10-14-19)25(32-21)27-18-11-7-5-8-12-18/h5-15,26H,4H2,1-3H3/b21-15-,27-25?. The number of H-pyrrole nitrogens is 1. The van der Waals surface area contributed by atoms with E-state index in [0.717, 1.165) is 16.9 Å². The highest BCUT2D eigenvalue weighted by molar-refractivity contribution is 8.19. The van der Waals surface area contributed by atoms with E-state index in [9.17, 15) is 9.59 Å². The van der Waals surface area contributed by atoms with Crippen molar-refractivity contribution in [2.75, 3.05) is 11.5 Å². The van der Waals surface area contributed by atoms with Crippen LogP contribution >= 0.6 is 11.8 Å². The van der Waals surface area contributed by atoms with Gasteiger partial charge in [0.15, 0.2) is 5.17 Å². The molecule has 0 saturated carbocycles. The van der Waals surface area contributed by atoms with Gasteiger partial charge in [-0.2, -0.15) is 0 Å². The molecule has 7 heteroatoms. The summed E-state index contributed by atoms with van der Waals surface area (Å²) in [7, 11) is 0. The number of para-hydroxylation sites is 2. The average molecular weight is 446 g/mol. The van der Waals surface area contributed by atoms with Gasteiger partial charge in [-0.05, 0) is 68.4 Å². The molecule has 1 amide bonds. The molecule has 0 spiro atoms. The first-order chi connectivity index (χ1) is 15.5. The Hall–Kier alpha value is -3.58. The van der Waals surface area contributed by atoms with Crippen LogP contribution in [0.5, 0.6) is 0 Å². The number of carbonyl (C=O) groups is 2.